The van der Waals surface area contributed by atoms with Crippen LogP contribution in [0.15, 0.2) is 48.8 Å². The van der Waals surface area contributed by atoms with Crippen LogP contribution in [0.4, 0.5) is 5.69 Å². The minimum atomic E-state index is 0.194. The number of rotatable bonds is 3. The van der Waals surface area contributed by atoms with E-state index in [0.29, 0.717) is 6.04 Å². The third-order valence-electron chi connectivity index (χ3n) is 5.73. The van der Waals surface area contributed by atoms with E-state index < -0.39 is 0 Å². The van der Waals surface area contributed by atoms with Crippen molar-refractivity contribution in [3.63, 3.8) is 0 Å². The van der Waals surface area contributed by atoms with Crippen LogP contribution in [0.2, 0.25) is 0 Å². The molecule has 152 valence electrons. The molecule has 0 radical (unpaired) electrons. The fraction of sp³-hybridized carbons (Fsp3) is 0.364. The maximum atomic E-state index is 4.76. The Morgan fingerprint density at radius 3 is 2.43 bits per heavy atom. The Hall–Kier alpha value is -1.32. The predicted octanol–water partition coefficient (Wildman–Crippen LogP) is 6.08. The van der Waals surface area contributed by atoms with Crippen LogP contribution in [0.3, 0.4) is 0 Å². The Kier molecular flexibility index (Phi) is 7.59. The van der Waals surface area contributed by atoms with Crippen LogP contribution >= 0.6 is 20.2 Å². The van der Waals surface area contributed by atoms with Crippen LogP contribution < -0.4 is 4.57 Å². The number of aromatic nitrogens is 2. The minimum absolute atomic E-state index is 0.194. The van der Waals surface area contributed by atoms with E-state index in [1.54, 1.807) is 0 Å². The molecule has 2 heterocycles. The molecule has 0 amide bonds. The van der Waals surface area contributed by atoms with E-state index >= 15 is 0 Å². The third kappa shape index (κ3) is 4.46. The molecule has 0 unspecified atom stereocenters. The van der Waals surface area contributed by atoms with Crippen LogP contribution in [-0.4, -0.2) is 14.7 Å². The van der Waals surface area contributed by atoms with Gasteiger partial charge in [0.2, 0.25) is 0 Å². The summed E-state index contributed by atoms with van der Waals surface area (Å²) in [6, 6.07) is 15.5. The summed E-state index contributed by atoms with van der Waals surface area (Å²) in [6.45, 7) is 4.40. The molecule has 4 rings (SSSR count). The van der Waals surface area contributed by atoms with Crippen LogP contribution in [0.5, 0.6) is 0 Å². The Bertz CT molecular complexity index is 938. The molecule has 0 N–H and O–H groups in total. The summed E-state index contributed by atoms with van der Waals surface area (Å²) in [7, 11) is 13.8. The quantitative estimate of drug-likeness (QED) is 0.194. The second kappa shape index (κ2) is 9.93. The van der Waals surface area contributed by atoms with Gasteiger partial charge in [0.05, 0.1) is 23.0 Å². The summed E-state index contributed by atoms with van der Waals surface area (Å²) < 4.78 is 6.86. The van der Waals surface area contributed by atoms with Gasteiger partial charge in [-0.25, -0.2) is 0 Å². The predicted molar refractivity (Wildman–Crippen MR) is 113 cm³/mol. The van der Waals surface area contributed by atoms with Gasteiger partial charge in [-0.1, -0.05) is 36.8 Å². The van der Waals surface area contributed by atoms with Crippen molar-refractivity contribution in [3.05, 3.63) is 67.2 Å². The van der Waals surface area contributed by atoms with Crippen molar-refractivity contribution in [2.45, 2.75) is 52.0 Å². The van der Waals surface area contributed by atoms with Crippen LogP contribution in [0.1, 0.15) is 56.5 Å². The zero-order valence-corrected chi connectivity index (χ0v) is 19.0. The normalized spacial score (nSPS) is 16.0. The fourth-order valence-corrected chi connectivity index (χ4v) is 4.17. The van der Waals surface area contributed by atoms with E-state index in [9.17, 15) is 0 Å². The Balaban J connectivity index is 0.000000706. The van der Waals surface area contributed by atoms with Crippen molar-refractivity contribution in [2.24, 2.45) is 0 Å². The van der Waals surface area contributed by atoms with Gasteiger partial charge in [-0.15, -0.1) is 0 Å². The third-order valence-corrected chi connectivity index (χ3v) is 5.73. The molecule has 0 aliphatic heterocycles. The molecule has 0 spiro atoms. The van der Waals surface area contributed by atoms with Gasteiger partial charge < -0.3 is 13.5 Å². The summed E-state index contributed by atoms with van der Waals surface area (Å²) in [4.78, 5) is 0. The first-order valence-electron chi connectivity index (χ1n) is 9.61. The number of fused-ring (bicyclic) bond motifs is 1. The van der Waals surface area contributed by atoms with Gasteiger partial charge in [-0.3, -0.25) is 0 Å². The van der Waals surface area contributed by atoms with E-state index in [4.69, 9.17) is 20.2 Å². The molecule has 2 aromatic heterocycles. The zero-order valence-electron chi connectivity index (χ0n) is 16.4. The van der Waals surface area contributed by atoms with Crippen LogP contribution in [-0.2, 0) is 13.1 Å². The summed E-state index contributed by atoms with van der Waals surface area (Å²) in [5.41, 5.74) is 6.17. The van der Waals surface area contributed by atoms with E-state index in [-0.39, 0.29) is 13.1 Å². The number of benzene rings is 1. The summed E-state index contributed by atoms with van der Waals surface area (Å²) in [5.74, 6) is 0. The molecule has 1 fully saturated rings. The molecule has 3 nitrogen and oxygen atoms in total. The second-order valence-corrected chi connectivity index (χ2v) is 9.10. The molecule has 1 aliphatic rings. The molecule has 0 atom stereocenters. The number of hydrogen-bond donors (Lipinski definition) is 0. The number of aryl methyl sites for hydroxylation is 1. The van der Waals surface area contributed by atoms with Gasteiger partial charge in [-0.05, 0) is 51.7 Å². The average molecular weight is 460 g/mol. The fourth-order valence-electron chi connectivity index (χ4n) is 4.17. The molecule has 0 bridgehead atoms. The number of hydrogen-bond acceptors (Lipinski definition) is 0. The molecule has 1 aliphatic carbocycles. The molecule has 6 heteroatoms. The summed E-state index contributed by atoms with van der Waals surface area (Å²) in [6.07, 6.45) is 9.02. The SMILES string of the molecule is [CH2-][N+](=C(C)c1ccc2c(C)[n+](C3CCCCC3)[cH-]n12)c1ccccc1.[Cl][Fe][Cl]. The van der Waals surface area contributed by atoms with Crippen molar-refractivity contribution in [2.75, 3.05) is 0 Å². The Morgan fingerprint density at radius 1 is 1.14 bits per heavy atom. The standard InChI is InChI=1S/C22H27N3.2ClH.Fe/c1-17(23(3)19-10-6-4-7-11-19)21-14-15-22-18(2)24(16-25(21)22)20-12-8-5-9-13-20;;;/h4,6-7,10-11,14-16,20H,3,5,8-9,12-13H2,1-2H3;2*1H;/q;;;+2/p-2. The van der Waals surface area contributed by atoms with Crippen LogP contribution in [0, 0.1) is 14.0 Å². The first-order valence-corrected chi connectivity index (χ1v) is 12.7. The van der Waals surface area contributed by atoms with Gasteiger partial charge >= 0.3 is 33.3 Å². The van der Waals surface area contributed by atoms with Crippen LogP contribution in [0.25, 0.3) is 5.52 Å². The first kappa shape index (κ1) is 21.4. The maximum absolute atomic E-state index is 4.76. The van der Waals surface area contributed by atoms with E-state index in [1.807, 2.05) is 10.6 Å². The number of imidazole rings is 1. The molecule has 1 aromatic carbocycles. The Labute approximate surface area is 182 Å². The average Bonchev–Trinajstić information content (AvgIpc) is 3.29. The van der Waals surface area contributed by atoms with Gasteiger partial charge in [0.25, 0.3) is 0 Å². The van der Waals surface area contributed by atoms with E-state index in [0.717, 1.165) is 11.4 Å². The molecule has 3 aromatic rings. The summed E-state index contributed by atoms with van der Waals surface area (Å²) in [5, 5.41) is 0. The van der Waals surface area contributed by atoms with Crippen molar-refractivity contribution in [1.29, 1.82) is 0 Å². The number of nitrogens with zero attached hydrogens (tertiary/aromatic N) is 3. The van der Waals surface area contributed by atoms with Gasteiger partial charge in [0.15, 0.2) is 6.33 Å². The molecule has 1 saturated carbocycles. The topological polar surface area (TPSA) is 11.3 Å². The molecular weight excluding hydrogens is 433 g/mol. The van der Waals surface area contributed by atoms with Gasteiger partial charge in [0.1, 0.15) is 5.69 Å². The molecule has 28 heavy (non-hydrogen) atoms. The van der Waals surface area contributed by atoms with Crippen molar-refractivity contribution >= 4 is 37.1 Å². The second-order valence-electron chi connectivity index (χ2n) is 7.27. The first-order chi connectivity index (χ1) is 13.6. The zero-order chi connectivity index (χ0) is 20.1. The van der Waals surface area contributed by atoms with Crippen molar-refractivity contribution in [1.82, 2.24) is 4.40 Å². The Morgan fingerprint density at radius 2 is 1.79 bits per heavy atom. The summed E-state index contributed by atoms with van der Waals surface area (Å²) >= 11 is 0.194. The van der Waals surface area contributed by atoms with Gasteiger partial charge in [-0.2, -0.15) is 0 Å². The number of para-hydroxylation sites is 1. The monoisotopic (exact) mass is 459 g/mol. The van der Waals surface area contributed by atoms with E-state index in [1.165, 1.54) is 49.0 Å². The number of halogens is 2. The molecular formula is C22H27Cl2FeN3. The van der Waals surface area contributed by atoms with E-state index in [2.05, 4.69) is 72.6 Å². The molecule has 0 saturated heterocycles. The van der Waals surface area contributed by atoms with Gasteiger partial charge in [0, 0.05) is 12.7 Å². The van der Waals surface area contributed by atoms with Crippen molar-refractivity contribution in [3.8, 4) is 0 Å². The van der Waals surface area contributed by atoms with Crippen molar-refractivity contribution < 1.29 is 22.3 Å².